The summed E-state index contributed by atoms with van der Waals surface area (Å²) in [6.45, 7) is 29.4. The second kappa shape index (κ2) is 28.6. The van der Waals surface area contributed by atoms with Crippen LogP contribution in [-0.4, -0.2) is 0 Å². The predicted molar refractivity (Wildman–Crippen MR) is 286 cm³/mol. The lowest BCUT2D eigenvalue weighted by Crippen LogP contribution is -2.33. The molecule has 0 heterocycles. The summed E-state index contributed by atoms with van der Waals surface area (Å²) in [7, 11) is 0. The van der Waals surface area contributed by atoms with Crippen LogP contribution in [0.2, 0.25) is 0 Å². The van der Waals surface area contributed by atoms with Crippen molar-refractivity contribution in [3.63, 3.8) is 0 Å². The van der Waals surface area contributed by atoms with Crippen molar-refractivity contribution in [1.29, 1.82) is 0 Å². The first-order valence-corrected chi connectivity index (χ1v) is 26.8. The van der Waals surface area contributed by atoms with E-state index in [0.717, 1.165) is 6.42 Å². The summed E-state index contributed by atoms with van der Waals surface area (Å²) in [6.07, 6.45) is 35.0. The van der Waals surface area contributed by atoms with E-state index in [1.165, 1.54) is 156 Å². The van der Waals surface area contributed by atoms with E-state index in [1.54, 1.807) is 16.7 Å². The Bertz CT molecular complexity index is 1760. The Labute approximate surface area is 391 Å². The van der Waals surface area contributed by atoms with Crippen molar-refractivity contribution in [2.45, 2.75) is 235 Å². The highest BCUT2D eigenvalue weighted by Crippen LogP contribution is 2.57. The molecule has 0 bridgehead atoms. The van der Waals surface area contributed by atoms with Crippen LogP contribution in [0.4, 0.5) is 17.1 Å². The smallest absolute Gasteiger partial charge is 0.0465 e. The summed E-state index contributed by atoms with van der Waals surface area (Å²) >= 11 is 0. The molecule has 0 fully saturated rings. The molecule has 3 aromatic rings. The van der Waals surface area contributed by atoms with Crippen LogP contribution in [0, 0.1) is 11.8 Å². The summed E-state index contributed by atoms with van der Waals surface area (Å²) in [6, 6.07) is 27.1. The van der Waals surface area contributed by atoms with E-state index in [0.29, 0.717) is 17.8 Å². The normalized spacial score (nSPS) is 15.7. The van der Waals surface area contributed by atoms with Crippen molar-refractivity contribution >= 4 is 22.6 Å². The molecule has 0 amide bonds. The molecule has 5 rings (SSSR count). The van der Waals surface area contributed by atoms with Gasteiger partial charge >= 0.3 is 0 Å². The molecule has 2 unspecified atom stereocenters. The Kier molecular flexibility index (Phi) is 24.5. The molecule has 0 radical (unpaired) electrons. The molecule has 0 N–H and O–H groups in total. The molecular weight excluding hydrogens is 759 g/mol. The number of nitrogens with zero attached hydrogens (tertiary/aromatic N) is 1. The van der Waals surface area contributed by atoms with Gasteiger partial charge in [0.05, 0.1) is 0 Å². The Hall–Kier alpha value is -3.32. The van der Waals surface area contributed by atoms with Crippen LogP contribution in [0.5, 0.6) is 0 Å². The highest BCUT2D eigenvalue weighted by atomic mass is 15.1. The van der Waals surface area contributed by atoms with Crippen molar-refractivity contribution in [2.75, 3.05) is 4.90 Å². The summed E-state index contributed by atoms with van der Waals surface area (Å²) in [4.78, 5) is 2.58. The number of hydrogen-bond donors (Lipinski definition) is 0. The molecule has 2 atom stereocenters. The standard InChI is InChI=1S/C56H83N.C4H8.C2H6/c1-10-17-19-21-23-25-39-56(40-26-24-22-20-18-11-2)53-41-43(8)27-37-51(53)52-38-36-50(42-54(52)56)57(48-32-28-45(29-33-48)44(9)12-3)49-34-30-47(31-35-49)55(15-6,16-7)46(13-4)14-5;1-3-4-2;1-2/h27-38,42-44,46H,10-26,39-41H2,1-9H3;3-4H,1-2H3;1-2H3/b;4-3-;. The molecule has 0 saturated heterocycles. The number of allylic oxidation sites excluding steroid dienone is 6. The monoisotopic (exact) mass is 856 g/mol. The SMILES string of the molecule is C/C=C\C.CC.CCCCCCCCC1(CCCCCCCC)C2=C(C=CC(C)C2)c2ccc(N(c3ccc(C(C)CC)cc3)c3ccc(C(CC)(CC)C(CC)CC)cc3)cc21. The number of benzene rings is 3. The minimum Gasteiger partial charge on any atom is -0.310 e. The maximum Gasteiger partial charge on any atom is 0.0465 e. The predicted octanol–water partition coefficient (Wildman–Crippen LogP) is 20.9. The van der Waals surface area contributed by atoms with Crippen LogP contribution in [0.15, 0.2) is 96.6 Å². The molecule has 350 valence electrons. The Balaban J connectivity index is 0.00000166. The zero-order valence-electron chi connectivity index (χ0n) is 43.5. The van der Waals surface area contributed by atoms with Gasteiger partial charge < -0.3 is 4.90 Å². The second-order valence-corrected chi connectivity index (χ2v) is 19.1. The zero-order valence-corrected chi connectivity index (χ0v) is 43.5. The van der Waals surface area contributed by atoms with Crippen LogP contribution in [0.1, 0.15) is 247 Å². The third-order valence-corrected chi connectivity index (χ3v) is 15.4. The summed E-state index contributed by atoms with van der Waals surface area (Å²) < 4.78 is 0. The largest absolute Gasteiger partial charge is 0.310 e. The average molecular weight is 856 g/mol. The summed E-state index contributed by atoms with van der Waals surface area (Å²) in [5.74, 6) is 1.86. The maximum atomic E-state index is 2.67. The van der Waals surface area contributed by atoms with Crippen LogP contribution < -0.4 is 4.90 Å². The van der Waals surface area contributed by atoms with Gasteiger partial charge in [0.15, 0.2) is 0 Å². The van der Waals surface area contributed by atoms with E-state index in [2.05, 4.69) is 146 Å². The summed E-state index contributed by atoms with van der Waals surface area (Å²) in [5, 5.41) is 0. The van der Waals surface area contributed by atoms with Gasteiger partial charge in [-0.15, -0.1) is 0 Å². The van der Waals surface area contributed by atoms with Crippen LogP contribution in [0.25, 0.3) is 5.57 Å². The lowest BCUT2D eigenvalue weighted by Gasteiger charge is -2.40. The topological polar surface area (TPSA) is 3.24 Å². The fraction of sp³-hybridized carbons (Fsp3) is 0.613. The quantitative estimate of drug-likeness (QED) is 0.0606. The first kappa shape index (κ1) is 54.0. The molecule has 0 aliphatic heterocycles. The molecule has 2 aliphatic carbocycles. The van der Waals surface area contributed by atoms with Gasteiger partial charge in [-0.3, -0.25) is 0 Å². The van der Waals surface area contributed by atoms with Crippen molar-refractivity contribution < 1.29 is 0 Å². The van der Waals surface area contributed by atoms with E-state index < -0.39 is 0 Å². The number of hydrogen-bond acceptors (Lipinski definition) is 1. The molecule has 2 aliphatic rings. The van der Waals surface area contributed by atoms with Crippen LogP contribution >= 0.6 is 0 Å². The Morgan fingerprint density at radius 2 is 1.13 bits per heavy atom. The van der Waals surface area contributed by atoms with Crippen molar-refractivity contribution in [3.05, 3.63) is 119 Å². The molecule has 63 heavy (non-hydrogen) atoms. The first-order valence-electron chi connectivity index (χ1n) is 26.8. The van der Waals surface area contributed by atoms with Gasteiger partial charge in [0.1, 0.15) is 0 Å². The number of rotatable bonds is 25. The van der Waals surface area contributed by atoms with E-state index in [4.69, 9.17) is 0 Å². The third kappa shape index (κ3) is 13.6. The second-order valence-electron chi connectivity index (χ2n) is 19.1. The Morgan fingerprint density at radius 3 is 1.60 bits per heavy atom. The fourth-order valence-corrected chi connectivity index (χ4v) is 11.3. The van der Waals surface area contributed by atoms with Gasteiger partial charge in [0, 0.05) is 22.5 Å². The highest BCUT2D eigenvalue weighted by molar-refractivity contribution is 5.89. The molecule has 0 saturated carbocycles. The Morgan fingerprint density at radius 1 is 0.635 bits per heavy atom. The number of fused-ring (bicyclic) bond motifs is 2. The minimum absolute atomic E-state index is 0.127. The van der Waals surface area contributed by atoms with E-state index >= 15 is 0 Å². The fourth-order valence-electron chi connectivity index (χ4n) is 11.3. The van der Waals surface area contributed by atoms with E-state index in [-0.39, 0.29) is 10.8 Å². The van der Waals surface area contributed by atoms with E-state index in [9.17, 15) is 0 Å². The lowest BCUT2D eigenvalue weighted by atomic mass is 9.65. The van der Waals surface area contributed by atoms with Gasteiger partial charge in [0.2, 0.25) is 0 Å². The van der Waals surface area contributed by atoms with Gasteiger partial charge in [-0.1, -0.05) is 226 Å². The molecule has 0 spiro atoms. The molecule has 1 nitrogen and oxygen atoms in total. The molecule has 1 heteroatoms. The third-order valence-electron chi connectivity index (χ3n) is 15.4. The van der Waals surface area contributed by atoms with Gasteiger partial charge in [-0.25, -0.2) is 0 Å². The molecule has 3 aromatic carbocycles. The van der Waals surface area contributed by atoms with Crippen LogP contribution in [-0.2, 0) is 10.8 Å². The highest BCUT2D eigenvalue weighted by Gasteiger charge is 2.45. The van der Waals surface area contributed by atoms with E-state index in [1.807, 2.05) is 39.8 Å². The first-order chi connectivity index (χ1) is 30.7. The minimum atomic E-state index is 0.127. The van der Waals surface area contributed by atoms with Crippen molar-refractivity contribution in [2.24, 2.45) is 11.8 Å². The molecule has 0 aromatic heterocycles. The average Bonchev–Trinajstić information content (AvgIpc) is 3.59. The van der Waals surface area contributed by atoms with Gasteiger partial charge in [0.25, 0.3) is 0 Å². The zero-order chi connectivity index (χ0) is 46.3. The summed E-state index contributed by atoms with van der Waals surface area (Å²) in [5.41, 5.74) is 13.6. The van der Waals surface area contributed by atoms with Crippen molar-refractivity contribution in [3.8, 4) is 0 Å². The lowest BCUT2D eigenvalue weighted by molar-refractivity contribution is 0.231. The van der Waals surface area contributed by atoms with Crippen LogP contribution in [0.3, 0.4) is 0 Å². The molecular formula is C62H97N. The number of anilines is 3. The van der Waals surface area contributed by atoms with Gasteiger partial charge in [-0.2, -0.15) is 0 Å². The maximum absolute atomic E-state index is 2.67. The van der Waals surface area contributed by atoms with Crippen molar-refractivity contribution in [1.82, 2.24) is 0 Å². The van der Waals surface area contributed by atoms with Gasteiger partial charge in [-0.05, 0) is 140 Å². The number of unbranched alkanes of at least 4 members (excludes halogenated alkanes) is 10.